The molecule has 0 spiro atoms. The van der Waals surface area contributed by atoms with Gasteiger partial charge < -0.3 is 24.4 Å². The van der Waals surface area contributed by atoms with Gasteiger partial charge in [-0.3, -0.25) is 0 Å². The molecule has 1 fully saturated rings. The van der Waals surface area contributed by atoms with Crippen molar-refractivity contribution >= 4 is 0 Å². The molecule has 0 bridgehead atoms. The first kappa shape index (κ1) is 25.3. The molecule has 1 saturated heterocycles. The Morgan fingerprint density at radius 1 is 1.23 bits per heavy atom. The molecule has 8 heteroatoms. The molecule has 1 aliphatic heterocycles. The molecule has 2 N–H and O–H groups in total. The van der Waals surface area contributed by atoms with Crippen molar-refractivity contribution in [2.24, 2.45) is 5.92 Å². The second-order valence-corrected chi connectivity index (χ2v) is 9.49. The van der Waals surface area contributed by atoms with Gasteiger partial charge in [-0.1, -0.05) is 17.3 Å². The van der Waals surface area contributed by atoms with Gasteiger partial charge in [-0.05, 0) is 77.6 Å². The second kappa shape index (κ2) is 11.3. The van der Waals surface area contributed by atoms with E-state index in [-0.39, 0.29) is 12.7 Å². The van der Waals surface area contributed by atoms with Gasteiger partial charge in [-0.25, -0.2) is 9.97 Å². The monoisotopic (exact) mass is 480 g/mol. The highest BCUT2D eigenvalue weighted by atomic mass is 16.5. The number of hydrogen-bond acceptors (Lipinski definition) is 8. The molecule has 0 radical (unpaired) electrons. The van der Waals surface area contributed by atoms with Crippen LogP contribution in [0.5, 0.6) is 5.75 Å². The van der Waals surface area contributed by atoms with E-state index >= 15 is 0 Å². The van der Waals surface area contributed by atoms with Crippen LogP contribution >= 0.6 is 0 Å². The molecule has 8 nitrogen and oxygen atoms in total. The van der Waals surface area contributed by atoms with E-state index in [2.05, 4.69) is 24.3 Å². The lowest BCUT2D eigenvalue weighted by molar-refractivity contribution is 0.00262. The summed E-state index contributed by atoms with van der Waals surface area (Å²) in [7, 11) is 1.80. The largest absolute Gasteiger partial charge is 0.491 e. The highest BCUT2D eigenvalue weighted by Crippen LogP contribution is 2.34. The molecular weight excluding hydrogens is 444 g/mol. The molecule has 4 rings (SSSR count). The minimum atomic E-state index is -0.584. The van der Waals surface area contributed by atoms with E-state index in [4.69, 9.17) is 24.0 Å². The first-order valence-corrected chi connectivity index (χ1v) is 12.3. The summed E-state index contributed by atoms with van der Waals surface area (Å²) in [5, 5.41) is 17.1. The van der Waals surface area contributed by atoms with Gasteiger partial charge in [0.15, 0.2) is 5.82 Å². The SMILES string of the molecule is CNCC(O)COc1cccc(-c2nc(CC3CCOC(C)C3)c(C)c(-c3c(C)noc3C)n2)c1. The molecule has 3 aromatic rings. The number of rotatable bonds is 9. The zero-order valence-electron chi connectivity index (χ0n) is 21.3. The van der Waals surface area contributed by atoms with E-state index in [0.717, 1.165) is 65.4 Å². The number of nitrogens with one attached hydrogen (secondary N) is 1. The van der Waals surface area contributed by atoms with Crippen LogP contribution in [0.1, 0.15) is 42.5 Å². The smallest absolute Gasteiger partial charge is 0.160 e. The maximum absolute atomic E-state index is 10.00. The quantitative estimate of drug-likeness (QED) is 0.473. The minimum absolute atomic E-state index is 0.205. The number of aliphatic hydroxyl groups excluding tert-OH is 1. The van der Waals surface area contributed by atoms with Crippen LogP contribution in [0.3, 0.4) is 0 Å². The lowest BCUT2D eigenvalue weighted by Gasteiger charge is -2.27. The van der Waals surface area contributed by atoms with Crippen LogP contribution in [-0.4, -0.2) is 59.2 Å². The van der Waals surface area contributed by atoms with Crippen LogP contribution in [0.2, 0.25) is 0 Å². The third-order valence-corrected chi connectivity index (χ3v) is 6.57. The Kier molecular flexibility index (Phi) is 8.15. The van der Waals surface area contributed by atoms with E-state index in [1.807, 2.05) is 38.1 Å². The summed E-state index contributed by atoms with van der Waals surface area (Å²) >= 11 is 0. The molecule has 35 heavy (non-hydrogen) atoms. The molecule has 188 valence electrons. The summed E-state index contributed by atoms with van der Waals surface area (Å²) < 4.78 is 17.1. The molecule has 3 heterocycles. The molecule has 0 amide bonds. The van der Waals surface area contributed by atoms with E-state index in [9.17, 15) is 5.11 Å². The summed E-state index contributed by atoms with van der Waals surface area (Å²) in [5.41, 5.74) is 5.56. The fourth-order valence-corrected chi connectivity index (χ4v) is 4.72. The highest BCUT2D eigenvalue weighted by molar-refractivity contribution is 5.71. The van der Waals surface area contributed by atoms with Gasteiger partial charge in [0.05, 0.1) is 23.1 Å². The van der Waals surface area contributed by atoms with Crippen LogP contribution in [0.15, 0.2) is 28.8 Å². The van der Waals surface area contributed by atoms with Gasteiger partial charge in [0.25, 0.3) is 0 Å². The standard InChI is InChI=1S/C27H36N4O4/c1-16-11-20(9-10-33-16)12-24-17(2)26(25-18(3)31-35-19(25)4)30-27(29-24)21-7-6-8-23(13-21)34-15-22(32)14-28-5/h6-8,13,16,20,22,28,32H,9-12,14-15H2,1-5H3. The number of likely N-dealkylation sites (N-methyl/N-ethyl adjacent to an activating group) is 1. The van der Waals surface area contributed by atoms with Crippen molar-refractivity contribution in [3.63, 3.8) is 0 Å². The predicted molar refractivity (Wildman–Crippen MR) is 134 cm³/mol. The van der Waals surface area contributed by atoms with Gasteiger partial charge in [0, 0.05) is 24.4 Å². The summed E-state index contributed by atoms with van der Waals surface area (Å²) in [6.07, 6.45) is 2.61. The molecule has 2 aromatic heterocycles. The van der Waals surface area contributed by atoms with E-state index < -0.39 is 6.10 Å². The van der Waals surface area contributed by atoms with Gasteiger partial charge in [0.2, 0.25) is 0 Å². The Labute approximate surface area is 207 Å². The summed E-state index contributed by atoms with van der Waals surface area (Å²) in [5.74, 6) is 2.57. The Morgan fingerprint density at radius 3 is 2.77 bits per heavy atom. The Balaban J connectivity index is 1.71. The normalized spacial score (nSPS) is 19.0. The van der Waals surface area contributed by atoms with Crippen molar-refractivity contribution < 1.29 is 19.1 Å². The fourth-order valence-electron chi connectivity index (χ4n) is 4.72. The van der Waals surface area contributed by atoms with Crippen molar-refractivity contribution in [3.8, 4) is 28.4 Å². The third-order valence-electron chi connectivity index (χ3n) is 6.57. The molecule has 3 unspecified atom stereocenters. The lowest BCUT2D eigenvalue weighted by atomic mass is 9.89. The molecular formula is C27H36N4O4. The summed E-state index contributed by atoms with van der Waals surface area (Å²) in [6.45, 7) is 9.55. The van der Waals surface area contributed by atoms with E-state index in [0.29, 0.717) is 24.0 Å². The average molecular weight is 481 g/mol. The molecule has 1 aromatic carbocycles. The number of aryl methyl sites for hydroxylation is 2. The predicted octanol–water partition coefficient (Wildman–Crippen LogP) is 4.04. The van der Waals surface area contributed by atoms with Crippen LogP contribution in [0, 0.1) is 26.7 Å². The minimum Gasteiger partial charge on any atom is -0.491 e. The third kappa shape index (κ3) is 6.07. The fraction of sp³-hybridized carbons (Fsp3) is 0.519. The highest BCUT2D eigenvalue weighted by Gasteiger charge is 2.24. The van der Waals surface area contributed by atoms with Gasteiger partial charge in [0.1, 0.15) is 24.2 Å². The Morgan fingerprint density at radius 2 is 2.06 bits per heavy atom. The zero-order valence-corrected chi connectivity index (χ0v) is 21.3. The van der Waals surface area contributed by atoms with Crippen LogP contribution in [0.4, 0.5) is 0 Å². The number of aliphatic hydroxyl groups is 1. The maximum atomic E-state index is 10.00. The average Bonchev–Trinajstić information content (AvgIpc) is 3.17. The van der Waals surface area contributed by atoms with Gasteiger partial charge >= 0.3 is 0 Å². The number of ether oxygens (including phenoxy) is 2. The van der Waals surface area contributed by atoms with Gasteiger partial charge in [-0.2, -0.15) is 0 Å². The number of aromatic nitrogens is 3. The van der Waals surface area contributed by atoms with Crippen LogP contribution < -0.4 is 10.1 Å². The molecule has 3 atom stereocenters. The maximum Gasteiger partial charge on any atom is 0.160 e. The Hall–Kier alpha value is -2.81. The lowest BCUT2D eigenvalue weighted by Crippen LogP contribution is -2.29. The van der Waals surface area contributed by atoms with Crippen molar-refractivity contribution in [1.29, 1.82) is 0 Å². The summed E-state index contributed by atoms with van der Waals surface area (Å²) in [4.78, 5) is 10.0. The van der Waals surface area contributed by atoms with Crippen molar-refractivity contribution in [3.05, 3.63) is 47.0 Å². The molecule has 1 aliphatic rings. The number of nitrogens with zero attached hydrogens (tertiary/aromatic N) is 3. The summed E-state index contributed by atoms with van der Waals surface area (Å²) in [6, 6.07) is 7.71. The van der Waals surface area contributed by atoms with Crippen molar-refractivity contribution in [1.82, 2.24) is 20.4 Å². The zero-order chi connectivity index (χ0) is 24.9. The van der Waals surface area contributed by atoms with Crippen molar-refractivity contribution in [2.45, 2.75) is 59.2 Å². The number of hydrogen-bond donors (Lipinski definition) is 2. The van der Waals surface area contributed by atoms with E-state index in [1.54, 1.807) is 7.05 Å². The molecule has 0 aliphatic carbocycles. The number of benzene rings is 1. The first-order valence-electron chi connectivity index (χ1n) is 12.3. The van der Waals surface area contributed by atoms with Crippen LogP contribution in [0.25, 0.3) is 22.6 Å². The topological polar surface area (TPSA) is 103 Å². The van der Waals surface area contributed by atoms with E-state index in [1.165, 1.54) is 0 Å². The van der Waals surface area contributed by atoms with Crippen LogP contribution in [-0.2, 0) is 11.2 Å². The van der Waals surface area contributed by atoms with Crippen molar-refractivity contribution in [2.75, 3.05) is 26.8 Å². The Bertz CT molecular complexity index is 1130. The molecule has 0 saturated carbocycles. The second-order valence-electron chi connectivity index (χ2n) is 9.49. The van der Waals surface area contributed by atoms with Gasteiger partial charge in [-0.15, -0.1) is 0 Å². The first-order chi connectivity index (χ1) is 16.9.